The van der Waals surface area contributed by atoms with Crippen LogP contribution in [0.5, 0.6) is 5.75 Å². The Bertz CT molecular complexity index is 931. The SMILES string of the molecule is NCCCCC(N)C(=O)NC(CS)C(=O)NC(Cc1ccc(O)cc1)C(=O)NC(CCC(N)=O)C(=O)O. The van der Waals surface area contributed by atoms with Crippen molar-refractivity contribution < 1.29 is 34.2 Å². The van der Waals surface area contributed by atoms with E-state index in [4.69, 9.17) is 17.2 Å². The van der Waals surface area contributed by atoms with E-state index in [-0.39, 0.29) is 30.8 Å². The molecule has 0 aromatic heterocycles. The molecule has 0 saturated carbocycles. The Morgan fingerprint density at radius 2 is 1.43 bits per heavy atom. The molecule has 0 aliphatic rings. The number of carbonyl (C=O) groups is 5. The number of aliphatic carboxylic acids is 1. The first-order valence-corrected chi connectivity index (χ1v) is 12.4. The lowest BCUT2D eigenvalue weighted by atomic mass is 10.0. The molecule has 37 heavy (non-hydrogen) atoms. The standard InChI is InChI=1S/C23H36N6O7S/c24-10-2-1-3-15(25)20(32)29-18(12-37)22(34)28-17(11-13-4-6-14(30)7-5-13)21(33)27-16(23(35)36)8-9-19(26)31/h4-7,15-18,30,37H,1-3,8-12,24-25H2,(H2,26,31)(H,27,33)(H,28,34)(H,29,32)(H,35,36). The Morgan fingerprint density at radius 3 is 1.97 bits per heavy atom. The topological polar surface area (TPSA) is 240 Å². The molecule has 0 aliphatic heterocycles. The zero-order chi connectivity index (χ0) is 28.0. The highest BCUT2D eigenvalue weighted by molar-refractivity contribution is 7.80. The minimum absolute atomic E-state index is 0.00756. The number of hydrogen-bond donors (Lipinski definition) is 9. The van der Waals surface area contributed by atoms with E-state index >= 15 is 0 Å². The van der Waals surface area contributed by atoms with Gasteiger partial charge in [0, 0.05) is 18.6 Å². The van der Waals surface area contributed by atoms with Gasteiger partial charge in [-0.1, -0.05) is 18.6 Å². The average Bonchev–Trinajstić information content (AvgIpc) is 2.85. The van der Waals surface area contributed by atoms with Crippen molar-refractivity contribution in [2.45, 2.75) is 62.7 Å². The van der Waals surface area contributed by atoms with E-state index in [1.807, 2.05) is 0 Å². The number of carboxylic acid groups (broad SMARTS) is 1. The van der Waals surface area contributed by atoms with E-state index in [2.05, 4.69) is 28.6 Å². The third-order valence-corrected chi connectivity index (χ3v) is 5.79. The second kappa shape index (κ2) is 16.4. The number of rotatable bonds is 17. The minimum Gasteiger partial charge on any atom is -0.508 e. The first-order valence-electron chi connectivity index (χ1n) is 11.7. The fourth-order valence-corrected chi connectivity index (χ4v) is 3.54. The first kappa shape index (κ1) is 31.7. The summed E-state index contributed by atoms with van der Waals surface area (Å²) in [5.74, 6) is -4.36. The highest BCUT2D eigenvalue weighted by atomic mass is 32.1. The van der Waals surface area contributed by atoms with Crippen LogP contribution in [0.3, 0.4) is 0 Å². The van der Waals surface area contributed by atoms with Gasteiger partial charge in [0.25, 0.3) is 0 Å². The van der Waals surface area contributed by atoms with Gasteiger partial charge in [0.15, 0.2) is 0 Å². The summed E-state index contributed by atoms with van der Waals surface area (Å²) in [5, 5.41) is 26.3. The van der Waals surface area contributed by atoms with Gasteiger partial charge < -0.3 is 43.4 Å². The summed E-state index contributed by atoms with van der Waals surface area (Å²) >= 11 is 4.11. The van der Waals surface area contributed by atoms with E-state index in [0.717, 1.165) is 0 Å². The summed E-state index contributed by atoms with van der Waals surface area (Å²) in [6, 6.07) is 1.17. The Labute approximate surface area is 220 Å². The van der Waals surface area contributed by atoms with Gasteiger partial charge in [0.1, 0.15) is 23.9 Å². The second-order valence-corrected chi connectivity index (χ2v) is 8.84. The summed E-state index contributed by atoms with van der Waals surface area (Å²) in [6.07, 6.45) is 1.13. The van der Waals surface area contributed by atoms with Crippen molar-refractivity contribution in [1.82, 2.24) is 16.0 Å². The molecule has 0 saturated heterocycles. The molecule has 0 aliphatic carbocycles. The number of hydrogen-bond acceptors (Lipinski definition) is 9. The normalized spacial score (nSPS) is 14.0. The molecule has 0 bridgehead atoms. The van der Waals surface area contributed by atoms with Gasteiger partial charge in [-0.3, -0.25) is 19.2 Å². The molecular formula is C23H36N6O7S. The summed E-state index contributed by atoms with van der Waals surface area (Å²) in [5.41, 5.74) is 16.9. The number of phenolic OH excluding ortho intramolecular Hbond substituents is 1. The number of primary amides is 1. The van der Waals surface area contributed by atoms with Gasteiger partial charge in [-0.05, 0) is 43.5 Å². The van der Waals surface area contributed by atoms with Crippen LogP contribution in [0.4, 0.5) is 0 Å². The van der Waals surface area contributed by atoms with Crippen LogP contribution in [0.2, 0.25) is 0 Å². The molecule has 1 aromatic rings. The predicted octanol–water partition coefficient (Wildman–Crippen LogP) is -1.87. The van der Waals surface area contributed by atoms with Gasteiger partial charge in [-0.15, -0.1) is 0 Å². The lowest BCUT2D eigenvalue weighted by Gasteiger charge is -2.24. The average molecular weight is 541 g/mol. The van der Waals surface area contributed by atoms with E-state index < -0.39 is 53.8 Å². The molecule has 11 N–H and O–H groups in total. The fourth-order valence-electron chi connectivity index (χ4n) is 3.28. The van der Waals surface area contributed by atoms with Crippen molar-refractivity contribution >= 4 is 42.2 Å². The van der Waals surface area contributed by atoms with Crippen LogP contribution < -0.4 is 33.2 Å². The van der Waals surface area contributed by atoms with E-state index in [1.165, 1.54) is 24.3 Å². The van der Waals surface area contributed by atoms with Gasteiger partial charge in [-0.2, -0.15) is 12.6 Å². The summed E-state index contributed by atoms with van der Waals surface area (Å²) in [7, 11) is 0. The summed E-state index contributed by atoms with van der Waals surface area (Å²) in [4.78, 5) is 61.0. The molecule has 13 nitrogen and oxygen atoms in total. The monoisotopic (exact) mass is 540 g/mol. The second-order valence-electron chi connectivity index (χ2n) is 8.47. The van der Waals surface area contributed by atoms with E-state index in [1.54, 1.807) is 0 Å². The smallest absolute Gasteiger partial charge is 0.326 e. The van der Waals surface area contributed by atoms with E-state index in [0.29, 0.717) is 31.4 Å². The maximum atomic E-state index is 13.0. The third kappa shape index (κ3) is 11.9. The summed E-state index contributed by atoms with van der Waals surface area (Å²) in [6.45, 7) is 0.464. The number of nitrogens with two attached hydrogens (primary N) is 3. The third-order valence-electron chi connectivity index (χ3n) is 5.42. The van der Waals surface area contributed by atoms with Crippen molar-refractivity contribution in [3.8, 4) is 5.75 Å². The Hall–Kier alpha value is -3.36. The number of carbonyl (C=O) groups excluding carboxylic acids is 4. The number of thiol groups is 1. The quantitative estimate of drug-likeness (QED) is 0.0792. The van der Waals surface area contributed by atoms with Gasteiger partial charge in [0.05, 0.1) is 6.04 Å². The fraction of sp³-hybridized carbons (Fsp3) is 0.522. The number of benzene rings is 1. The van der Waals surface area contributed by atoms with Crippen LogP contribution >= 0.6 is 12.6 Å². The van der Waals surface area contributed by atoms with Crippen LogP contribution in [0, 0.1) is 0 Å². The lowest BCUT2D eigenvalue weighted by Crippen LogP contribution is -2.58. The van der Waals surface area contributed by atoms with Crippen LogP contribution in [0.1, 0.15) is 37.7 Å². The van der Waals surface area contributed by atoms with Crippen molar-refractivity contribution in [3.05, 3.63) is 29.8 Å². The highest BCUT2D eigenvalue weighted by Crippen LogP contribution is 2.12. The summed E-state index contributed by atoms with van der Waals surface area (Å²) < 4.78 is 0. The molecule has 0 fully saturated rings. The molecule has 0 spiro atoms. The molecule has 4 atom stereocenters. The molecule has 14 heteroatoms. The molecule has 4 amide bonds. The van der Waals surface area contributed by atoms with Crippen LogP contribution in [-0.2, 0) is 30.4 Å². The zero-order valence-electron chi connectivity index (χ0n) is 20.4. The number of carboxylic acids is 1. The molecule has 0 radical (unpaired) electrons. The first-order chi connectivity index (χ1) is 17.5. The maximum absolute atomic E-state index is 13.0. The van der Waals surface area contributed by atoms with Gasteiger partial charge in [0.2, 0.25) is 23.6 Å². The van der Waals surface area contributed by atoms with Crippen molar-refractivity contribution in [1.29, 1.82) is 0 Å². The highest BCUT2D eigenvalue weighted by Gasteiger charge is 2.30. The van der Waals surface area contributed by atoms with E-state index in [9.17, 15) is 34.2 Å². The number of aromatic hydroxyl groups is 1. The molecule has 0 heterocycles. The molecular weight excluding hydrogens is 504 g/mol. The molecule has 1 aromatic carbocycles. The van der Waals surface area contributed by atoms with Crippen LogP contribution in [0.25, 0.3) is 0 Å². The number of phenols is 1. The number of unbranched alkanes of at least 4 members (excludes halogenated alkanes) is 1. The van der Waals surface area contributed by atoms with Crippen LogP contribution in [0.15, 0.2) is 24.3 Å². The van der Waals surface area contributed by atoms with Gasteiger partial charge >= 0.3 is 5.97 Å². The zero-order valence-corrected chi connectivity index (χ0v) is 21.3. The Kier molecular flexibility index (Phi) is 14.0. The van der Waals surface area contributed by atoms with Crippen molar-refractivity contribution in [2.24, 2.45) is 17.2 Å². The van der Waals surface area contributed by atoms with Crippen LogP contribution in [-0.4, -0.2) is 76.3 Å². The predicted molar refractivity (Wildman–Crippen MR) is 138 cm³/mol. The maximum Gasteiger partial charge on any atom is 0.326 e. The largest absolute Gasteiger partial charge is 0.508 e. The Morgan fingerprint density at radius 1 is 0.865 bits per heavy atom. The van der Waals surface area contributed by atoms with Crippen molar-refractivity contribution in [3.63, 3.8) is 0 Å². The lowest BCUT2D eigenvalue weighted by molar-refractivity contribution is -0.142. The minimum atomic E-state index is -1.42. The molecule has 1 rings (SSSR count). The molecule has 4 unspecified atom stereocenters. The Balaban J connectivity index is 3.00. The number of amides is 4. The number of nitrogens with one attached hydrogen (secondary N) is 3. The molecule has 206 valence electrons. The van der Waals surface area contributed by atoms with Crippen molar-refractivity contribution in [2.75, 3.05) is 12.3 Å². The van der Waals surface area contributed by atoms with Gasteiger partial charge in [-0.25, -0.2) is 4.79 Å².